The molecule has 1 N–H and O–H groups in total. The van der Waals surface area contributed by atoms with Gasteiger partial charge in [0, 0.05) is 13.1 Å². The van der Waals surface area contributed by atoms with Gasteiger partial charge in [0.2, 0.25) is 5.91 Å². The van der Waals surface area contributed by atoms with Gasteiger partial charge in [0.1, 0.15) is 12.4 Å². The molecule has 0 saturated heterocycles. The smallest absolute Gasteiger partial charge is 0.264 e. The number of rotatable bonds is 7. The maximum absolute atomic E-state index is 13.5. The van der Waals surface area contributed by atoms with Crippen LogP contribution in [0.3, 0.4) is 0 Å². The molecule has 27 heavy (non-hydrogen) atoms. The Bertz CT molecular complexity index is 952. The van der Waals surface area contributed by atoms with Gasteiger partial charge >= 0.3 is 0 Å². The first-order valence-electron chi connectivity index (χ1n) is 7.65. The zero-order valence-electron chi connectivity index (χ0n) is 14.8. The number of anilines is 1. The van der Waals surface area contributed by atoms with E-state index in [0.29, 0.717) is 5.75 Å². The van der Waals surface area contributed by atoms with Crippen molar-refractivity contribution in [3.8, 4) is 11.5 Å². The number of benzene rings is 2. The second-order valence-electron chi connectivity index (χ2n) is 5.30. The Morgan fingerprint density at radius 3 is 2.37 bits per heavy atom. The lowest BCUT2D eigenvalue weighted by molar-refractivity contribution is -0.119. The maximum Gasteiger partial charge on any atom is 0.264 e. The highest BCUT2D eigenvalue weighted by Gasteiger charge is 2.28. The molecule has 2 aromatic carbocycles. The molecule has 1 amide bonds. The fourth-order valence-corrected chi connectivity index (χ4v) is 3.87. The van der Waals surface area contributed by atoms with E-state index in [0.717, 1.165) is 16.4 Å². The van der Waals surface area contributed by atoms with E-state index in [1.54, 1.807) is 0 Å². The van der Waals surface area contributed by atoms with Gasteiger partial charge in [0.15, 0.2) is 11.5 Å². The molecular weight excluding hydrogens is 399 g/mol. The number of carbonyl (C=O) groups excluding carboxylic acids is 1. The summed E-state index contributed by atoms with van der Waals surface area (Å²) in [4.78, 5) is 11.7. The molecule has 0 fully saturated rings. The zero-order chi connectivity index (χ0) is 20.2. The Labute approximate surface area is 161 Å². The molecule has 0 bridgehead atoms. The van der Waals surface area contributed by atoms with E-state index in [2.05, 4.69) is 5.32 Å². The minimum absolute atomic E-state index is 0.0415. The number of likely N-dealkylation sites (N-methyl/N-ethyl adjacent to an activating group) is 1. The summed E-state index contributed by atoms with van der Waals surface area (Å²) in [6, 6.07) is 7.41. The first kappa shape index (κ1) is 20.8. The summed E-state index contributed by atoms with van der Waals surface area (Å²) in [6.45, 7) is -0.519. The van der Waals surface area contributed by atoms with Crippen LogP contribution >= 0.6 is 11.6 Å². The quantitative estimate of drug-likeness (QED) is 0.749. The molecule has 0 saturated carbocycles. The normalized spacial score (nSPS) is 11.0. The van der Waals surface area contributed by atoms with Crippen LogP contribution in [0.2, 0.25) is 5.02 Å². The van der Waals surface area contributed by atoms with Gasteiger partial charge in [0.25, 0.3) is 10.0 Å². The van der Waals surface area contributed by atoms with Crippen molar-refractivity contribution in [2.24, 2.45) is 0 Å². The number of halogens is 2. The van der Waals surface area contributed by atoms with Crippen LogP contribution in [0.15, 0.2) is 41.3 Å². The van der Waals surface area contributed by atoms with E-state index >= 15 is 0 Å². The standard InChI is InChI=1S/C17H18ClFN2O5S/c1-20-17(22)10-21(11-4-6-14(19)13(18)8-11)27(23,24)12-5-7-15(25-2)16(9-12)26-3/h4-9H,10H2,1-3H3,(H,20,22). The summed E-state index contributed by atoms with van der Waals surface area (Å²) in [6.07, 6.45) is 0. The van der Waals surface area contributed by atoms with Crippen molar-refractivity contribution in [1.82, 2.24) is 5.32 Å². The topological polar surface area (TPSA) is 84.9 Å². The van der Waals surface area contributed by atoms with E-state index in [1.165, 1.54) is 45.5 Å². The number of nitrogens with zero attached hydrogens (tertiary/aromatic N) is 1. The van der Waals surface area contributed by atoms with E-state index in [4.69, 9.17) is 21.1 Å². The van der Waals surface area contributed by atoms with Gasteiger partial charge in [0.05, 0.1) is 29.8 Å². The van der Waals surface area contributed by atoms with Crippen molar-refractivity contribution < 1.29 is 27.1 Å². The predicted octanol–water partition coefficient (Wildman–Crippen LogP) is 2.44. The third-order valence-corrected chi connectivity index (χ3v) is 5.76. The number of amides is 1. The lowest BCUT2D eigenvalue weighted by Crippen LogP contribution is -2.39. The molecular formula is C17H18ClFN2O5S. The second-order valence-corrected chi connectivity index (χ2v) is 7.57. The molecule has 146 valence electrons. The molecule has 7 nitrogen and oxygen atoms in total. The van der Waals surface area contributed by atoms with Crippen molar-refractivity contribution in [3.05, 3.63) is 47.2 Å². The minimum atomic E-state index is -4.19. The molecule has 0 aliphatic heterocycles. The minimum Gasteiger partial charge on any atom is -0.493 e. The van der Waals surface area contributed by atoms with Crippen LogP contribution in [0, 0.1) is 5.82 Å². The summed E-state index contributed by atoms with van der Waals surface area (Å²) in [5.41, 5.74) is 0.0415. The van der Waals surface area contributed by atoms with E-state index < -0.39 is 28.3 Å². The molecule has 0 atom stereocenters. The Morgan fingerprint density at radius 1 is 1.15 bits per heavy atom. The number of hydrogen-bond acceptors (Lipinski definition) is 5. The van der Waals surface area contributed by atoms with Crippen LogP contribution in [0.4, 0.5) is 10.1 Å². The third-order valence-electron chi connectivity index (χ3n) is 3.70. The van der Waals surface area contributed by atoms with Crippen molar-refractivity contribution >= 4 is 33.2 Å². The largest absolute Gasteiger partial charge is 0.493 e. The Balaban J connectivity index is 2.59. The first-order valence-corrected chi connectivity index (χ1v) is 9.46. The highest BCUT2D eigenvalue weighted by Crippen LogP contribution is 2.33. The van der Waals surface area contributed by atoms with Crippen molar-refractivity contribution in [3.63, 3.8) is 0 Å². The molecule has 0 aromatic heterocycles. The molecule has 0 heterocycles. The van der Waals surface area contributed by atoms with Gasteiger partial charge in [-0.1, -0.05) is 11.6 Å². The van der Waals surface area contributed by atoms with Crippen molar-refractivity contribution in [2.45, 2.75) is 4.90 Å². The second kappa shape index (κ2) is 8.45. The van der Waals surface area contributed by atoms with E-state index in [-0.39, 0.29) is 21.4 Å². The molecule has 10 heteroatoms. The SMILES string of the molecule is CNC(=O)CN(c1ccc(F)c(Cl)c1)S(=O)(=O)c1ccc(OC)c(OC)c1. The van der Waals surface area contributed by atoms with E-state index in [1.807, 2.05) is 0 Å². The van der Waals surface area contributed by atoms with Gasteiger partial charge < -0.3 is 14.8 Å². The molecule has 0 aliphatic rings. The van der Waals surface area contributed by atoms with Gasteiger partial charge in [-0.3, -0.25) is 9.10 Å². The maximum atomic E-state index is 13.5. The average Bonchev–Trinajstić information content (AvgIpc) is 2.67. The first-order chi connectivity index (χ1) is 12.7. The van der Waals surface area contributed by atoms with Gasteiger partial charge in [-0.15, -0.1) is 0 Å². The lowest BCUT2D eigenvalue weighted by Gasteiger charge is -2.24. The molecule has 0 spiro atoms. The monoisotopic (exact) mass is 416 g/mol. The summed E-state index contributed by atoms with van der Waals surface area (Å²) >= 11 is 5.78. The molecule has 2 aromatic rings. The fraction of sp³-hybridized carbons (Fsp3) is 0.235. The Morgan fingerprint density at radius 2 is 1.81 bits per heavy atom. The zero-order valence-corrected chi connectivity index (χ0v) is 16.4. The number of carbonyl (C=O) groups is 1. The molecule has 0 aliphatic carbocycles. The van der Waals surface area contributed by atoms with Crippen LogP contribution in [0.5, 0.6) is 11.5 Å². The summed E-state index contributed by atoms with van der Waals surface area (Å²) < 4.78 is 50.9. The molecule has 0 radical (unpaired) electrons. The number of ether oxygens (including phenoxy) is 2. The number of nitrogens with one attached hydrogen (secondary N) is 1. The number of methoxy groups -OCH3 is 2. The van der Waals surface area contributed by atoms with Crippen molar-refractivity contribution in [2.75, 3.05) is 32.1 Å². The molecule has 0 unspecified atom stereocenters. The molecule has 2 rings (SSSR count). The lowest BCUT2D eigenvalue weighted by atomic mass is 10.3. The van der Waals surface area contributed by atoms with Crippen LogP contribution in [-0.2, 0) is 14.8 Å². The van der Waals surface area contributed by atoms with Crippen LogP contribution in [-0.4, -0.2) is 42.1 Å². The highest BCUT2D eigenvalue weighted by molar-refractivity contribution is 7.92. The van der Waals surface area contributed by atoms with E-state index in [9.17, 15) is 17.6 Å². The van der Waals surface area contributed by atoms with Crippen LogP contribution in [0.1, 0.15) is 0 Å². The highest BCUT2D eigenvalue weighted by atomic mass is 35.5. The average molecular weight is 417 g/mol. The van der Waals surface area contributed by atoms with Crippen LogP contribution in [0.25, 0.3) is 0 Å². The summed E-state index contributed by atoms with van der Waals surface area (Å²) in [5, 5.41) is 2.09. The summed E-state index contributed by atoms with van der Waals surface area (Å²) in [5.74, 6) is -0.710. The van der Waals surface area contributed by atoms with Crippen molar-refractivity contribution in [1.29, 1.82) is 0 Å². The van der Waals surface area contributed by atoms with Gasteiger partial charge in [-0.25, -0.2) is 12.8 Å². The third kappa shape index (κ3) is 4.42. The van der Waals surface area contributed by atoms with Gasteiger partial charge in [-0.2, -0.15) is 0 Å². The number of hydrogen-bond donors (Lipinski definition) is 1. The number of sulfonamides is 1. The Hall–Kier alpha value is -2.52. The predicted molar refractivity (Wildman–Crippen MR) is 99.6 cm³/mol. The summed E-state index contributed by atoms with van der Waals surface area (Å²) in [7, 11) is -0.0221. The van der Waals surface area contributed by atoms with Gasteiger partial charge in [-0.05, 0) is 30.3 Å². The van der Waals surface area contributed by atoms with Crippen LogP contribution < -0.4 is 19.1 Å². The fourth-order valence-electron chi connectivity index (χ4n) is 2.27. The Kier molecular flexibility index (Phi) is 6.50.